The molecule has 5 nitrogen and oxygen atoms in total. The van der Waals surface area contributed by atoms with Crippen molar-refractivity contribution in [3.8, 4) is 0 Å². The predicted octanol–water partition coefficient (Wildman–Crippen LogP) is 0.535. The third-order valence-corrected chi connectivity index (χ3v) is 3.29. The smallest absolute Gasteiger partial charge is 0.326 e. The van der Waals surface area contributed by atoms with Crippen molar-refractivity contribution in [2.45, 2.75) is 44.8 Å². The van der Waals surface area contributed by atoms with Gasteiger partial charge in [0, 0.05) is 6.54 Å². The van der Waals surface area contributed by atoms with Crippen LogP contribution in [0.2, 0.25) is 0 Å². The molecule has 1 saturated carbocycles. The lowest BCUT2D eigenvalue weighted by Crippen LogP contribution is -2.58. The Morgan fingerprint density at radius 3 is 2.25 bits per heavy atom. The van der Waals surface area contributed by atoms with Crippen molar-refractivity contribution in [2.24, 2.45) is 5.41 Å². The maximum absolute atomic E-state index is 11.9. The first-order valence-electron chi connectivity index (χ1n) is 5.41. The highest BCUT2D eigenvalue weighted by molar-refractivity contribution is 5.90. The van der Waals surface area contributed by atoms with Crippen LogP contribution in [0.3, 0.4) is 0 Å². The van der Waals surface area contributed by atoms with Gasteiger partial charge in [-0.05, 0) is 33.6 Å². The lowest BCUT2D eigenvalue weighted by Gasteiger charge is -2.42. The number of carboxylic acid groups (broad SMARTS) is 1. The fourth-order valence-electron chi connectivity index (χ4n) is 2.51. The molecule has 0 amide bonds. The Morgan fingerprint density at radius 2 is 1.88 bits per heavy atom. The summed E-state index contributed by atoms with van der Waals surface area (Å²) >= 11 is 0. The van der Waals surface area contributed by atoms with Gasteiger partial charge in [0.05, 0.1) is 5.41 Å². The molecule has 2 saturated heterocycles. The maximum Gasteiger partial charge on any atom is 0.326 e. The van der Waals surface area contributed by atoms with E-state index in [0.717, 1.165) is 0 Å². The van der Waals surface area contributed by atoms with Crippen LogP contribution in [0.1, 0.15) is 33.6 Å². The van der Waals surface area contributed by atoms with Crippen LogP contribution in [0.15, 0.2) is 0 Å². The van der Waals surface area contributed by atoms with Gasteiger partial charge in [-0.3, -0.25) is 9.59 Å². The average molecular weight is 227 g/mol. The van der Waals surface area contributed by atoms with Gasteiger partial charge in [-0.2, -0.15) is 0 Å². The van der Waals surface area contributed by atoms with Gasteiger partial charge in [-0.15, -0.1) is 0 Å². The van der Waals surface area contributed by atoms with E-state index in [9.17, 15) is 9.59 Å². The minimum absolute atomic E-state index is 0.325. The first-order valence-corrected chi connectivity index (χ1v) is 5.41. The number of fused-ring (bicyclic) bond motifs is 1. The summed E-state index contributed by atoms with van der Waals surface area (Å²) in [6.45, 7) is 5.78. The largest absolute Gasteiger partial charge is 0.481 e. The summed E-state index contributed by atoms with van der Waals surface area (Å²) in [5, 5.41) is 12.0. The summed E-state index contributed by atoms with van der Waals surface area (Å²) in [6.07, 6.45) is 0.703. The molecule has 0 atom stereocenters. The van der Waals surface area contributed by atoms with Gasteiger partial charge in [-0.1, -0.05) is 0 Å². The molecule has 0 radical (unpaired) electrons. The molecule has 2 heterocycles. The molecule has 2 bridgehead atoms. The Morgan fingerprint density at radius 1 is 1.31 bits per heavy atom. The number of aliphatic carboxylic acids is 1. The average Bonchev–Trinajstić information content (AvgIpc) is 2.53. The topological polar surface area (TPSA) is 75.6 Å². The third kappa shape index (κ3) is 1.50. The van der Waals surface area contributed by atoms with Gasteiger partial charge < -0.3 is 15.2 Å². The van der Waals surface area contributed by atoms with Crippen molar-refractivity contribution >= 4 is 11.9 Å². The molecule has 0 aromatic rings. The molecule has 0 aromatic heterocycles. The Hall–Kier alpha value is -1.10. The normalized spacial score (nSPS) is 36.7. The summed E-state index contributed by atoms with van der Waals surface area (Å²) in [6, 6.07) is 0. The minimum atomic E-state index is -0.823. The molecule has 0 spiro atoms. The maximum atomic E-state index is 11.9. The first-order chi connectivity index (χ1) is 7.19. The van der Waals surface area contributed by atoms with Crippen LogP contribution in [-0.2, 0) is 14.3 Å². The molecule has 0 aromatic carbocycles. The number of ether oxygens (including phenoxy) is 1. The van der Waals surface area contributed by atoms with E-state index in [4.69, 9.17) is 9.84 Å². The molecule has 90 valence electrons. The molecule has 2 aliphatic heterocycles. The minimum Gasteiger partial charge on any atom is -0.481 e. The molecule has 0 unspecified atom stereocenters. The van der Waals surface area contributed by atoms with Crippen molar-refractivity contribution in [1.29, 1.82) is 0 Å². The number of hydrogen-bond donors (Lipinski definition) is 2. The van der Waals surface area contributed by atoms with E-state index in [1.165, 1.54) is 0 Å². The summed E-state index contributed by atoms with van der Waals surface area (Å²) in [7, 11) is 0. The second-order valence-electron chi connectivity index (χ2n) is 5.88. The highest BCUT2D eigenvalue weighted by Crippen LogP contribution is 2.54. The van der Waals surface area contributed by atoms with E-state index in [-0.39, 0.29) is 5.97 Å². The number of carbonyl (C=O) groups is 2. The molecule has 16 heavy (non-hydrogen) atoms. The molecule has 1 aliphatic carbocycles. The van der Waals surface area contributed by atoms with Crippen LogP contribution in [0.5, 0.6) is 0 Å². The molecular formula is C11H17NO4. The van der Waals surface area contributed by atoms with E-state index in [1.54, 1.807) is 20.8 Å². The zero-order chi connectivity index (χ0) is 12.2. The number of carbonyl (C=O) groups excluding carboxylic acids is 1. The zero-order valence-corrected chi connectivity index (χ0v) is 9.79. The van der Waals surface area contributed by atoms with Crippen LogP contribution in [-0.4, -0.2) is 34.7 Å². The van der Waals surface area contributed by atoms with E-state index in [2.05, 4.69) is 5.32 Å². The standard InChI is InChI=1S/C11H17NO4/c1-9(2,3)16-8(15)11-4-10(5-11,6-12-11)7(13)14/h12H,4-6H2,1-3H3,(H,13,14). The van der Waals surface area contributed by atoms with E-state index in [0.29, 0.717) is 19.4 Å². The van der Waals surface area contributed by atoms with Crippen LogP contribution >= 0.6 is 0 Å². The molecule has 3 aliphatic rings. The van der Waals surface area contributed by atoms with Gasteiger partial charge >= 0.3 is 11.9 Å². The summed E-state index contributed by atoms with van der Waals surface area (Å²) < 4.78 is 5.29. The van der Waals surface area contributed by atoms with Crippen LogP contribution in [0.4, 0.5) is 0 Å². The summed E-state index contributed by atoms with van der Waals surface area (Å²) in [5.74, 6) is -1.15. The predicted molar refractivity (Wildman–Crippen MR) is 55.9 cm³/mol. The number of nitrogens with one attached hydrogen (secondary N) is 1. The molecule has 3 rings (SSSR count). The SMILES string of the molecule is CC(C)(C)OC(=O)C12CC(C(=O)O)(CN1)C2. The molecule has 5 heteroatoms. The van der Waals surface area contributed by atoms with Crippen molar-refractivity contribution in [3.05, 3.63) is 0 Å². The third-order valence-electron chi connectivity index (χ3n) is 3.29. The second-order valence-corrected chi connectivity index (χ2v) is 5.88. The second kappa shape index (κ2) is 2.97. The Kier molecular flexibility index (Phi) is 2.11. The number of rotatable bonds is 2. The quantitative estimate of drug-likeness (QED) is 0.673. The van der Waals surface area contributed by atoms with Crippen molar-refractivity contribution in [3.63, 3.8) is 0 Å². The van der Waals surface area contributed by atoms with Crippen molar-refractivity contribution < 1.29 is 19.4 Å². The first kappa shape index (κ1) is 11.4. The van der Waals surface area contributed by atoms with Crippen LogP contribution in [0.25, 0.3) is 0 Å². The van der Waals surface area contributed by atoms with Gasteiger partial charge in [-0.25, -0.2) is 0 Å². The molecular weight excluding hydrogens is 210 g/mol. The lowest BCUT2D eigenvalue weighted by atomic mass is 9.62. The van der Waals surface area contributed by atoms with Gasteiger partial charge in [0.2, 0.25) is 0 Å². The Balaban J connectivity index is 2.05. The fraction of sp³-hybridized carbons (Fsp3) is 0.818. The molecule has 2 N–H and O–H groups in total. The fourth-order valence-corrected chi connectivity index (χ4v) is 2.51. The zero-order valence-electron chi connectivity index (χ0n) is 9.79. The van der Waals surface area contributed by atoms with Crippen molar-refractivity contribution in [1.82, 2.24) is 5.32 Å². The summed E-state index contributed by atoms with van der Waals surface area (Å²) in [5.41, 5.74) is -2.01. The number of esters is 1. The van der Waals surface area contributed by atoms with Gasteiger partial charge in [0.1, 0.15) is 11.1 Å². The van der Waals surface area contributed by atoms with Crippen LogP contribution in [0, 0.1) is 5.41 Å². The van der Waals surface area contributed by atoms with E-state index < -0.39 is 22.5 Å². The van der Waals surface area contributed by atoms with Crippen LogP contribution < -0.4 is 5.32 Å². The highest BCUT2D eigenvalue weighted by atomic mass is 16.6. The monoisotopic (exact) mass is 227 g/mol. The highest BCUT2D eigenvalue weighted by Gasteiger charge is 2.69. The van der Waals surface area contributed by atoms with E-state index >= 15 is 0 Å². The van der Waals surface area contributed by atoms with Gasteiger partial charge in [0.25, 0.3) is 0 Å². The molecule has 3 fully saturated rings. The Bertz CT molecular complexity index is 349. The van der Waals surface area contributed by atoms with Crippen molar-refractivity contribution in [2.75, 3.05) is 6.54 Å². The Labute approximate surface area is 94.2 Å². The number of hydrogen-bond acceptors (Lipinski definition) is 4. The summed E-state index contributed by atoms with van der Waals surface area (Å²) in [4.78, 5) is 22.9. The van der Waals surface area contributed by atoms with Gasteiger partial charge in [0.15, 0.2) is 0 Å². The van der Waals surface area contributed by atoms with E-state index in [1.807, 2.05) is 0 Å². The number of carboxylic acids is 1. The lowest BCUT2D eigenvalue weighted by molar-refractivity contribution is -0.171.